The summed E-state index contributed by atoms with van der Waals surface area (Å²) in [5, 5.41) is 0. The fraction of sp³-hybridized carbons (Fsp3) is 0.667. The molecule has 0 aromatic rings. The van der Waals surface area contributed by atoms with E-state index < -0.39 is 0 Å². The summed E-state index contributed by atoms with van der Waals surface area (Å²) in [6, 6.07) is 0. The van der Waals surface area contributed by atoms with E-state index in [2.05, 4.69) is 11.8 Å². The maximum atomic E-state index is 3.08. The number of thioether (sulfide) groups is 2. The van der Waals surface area contributed by atoms with Crippen molar-refractivity contribution < 1.29 is 0 Å². The van der Waals surface area contributed by atoms with Gasteiger partial charge >= 0.3 is 0 Å². The van der Waals surface area contributed by atoms with Crippen molar-refractivity contribution >= 4 is 23.5 Å². The third kappa shape index (κ3) is 2.54. The van der Waals surface area contributed by atoms with Crippen LogP contribution >= 0.6 is 23.5 Å². The molecule has 0 radical (unpaired) electrons. The van der Waals surface area contributed by atoms with Crippen LogP contribution < -0.4 is 0 Å². The first kappa shape index (κ1) is 6.38. The molecule has 0 spiro atoms. The SMILES string of the molecule is C1#CCSCCSC1. The summed E-state index contributed by atoms with van der Waals surface area (Å²) >= 11 is 3.87. The average Bonchev–Trinajstić information content (AvgIpc) is 1.62. The minimum Gasteiger partial charge on any atom is -0.148 e. The minimum atomic E-state index is 1.04. The van der Waals surface area contributed by atoms with Crippen LogP contribution in [0.5, 0.6) is 0 Å². The fourth-order valence-corrected chi connectivity index (χ4v) is 2.11. The van der Waals surface area contributed by atoms with Crippen molar-refractivity contribution in [3.63, 3.8) is 0 Å². The van der Waals surface area contributed by atoms with Crippen LogP contribution in [0.25, 0.3) is 0 Å². The molecule has 1 heterocycles. The minimum absolute atomic E-state index is 1.04. The second kappa shape index (κ2) is 4.17. The molecule has 1 rings (SSSR count). The summed E-state index contributed by atoms with van der Waals surface area (Å²) in [6.45, 7) is 0. The quantitative estimate of drug-likeness (QED) is 0.472. The first-order chi connectivity index (χ1) is 4.00. The third-order valence-electron chi connectivity index (χ3n) is 0.845. The molecule has 0 atom stereocenters. The number of hydrogen-bond donors (Lipinski definition) is 0. The molecule has 0 unspecified atom stereocenters. The van der Waals surface area contributed by atoms with E-state index in [4.69, 9.17) is 0 Å². The van der Waals surface area contributed by atoms with E-state index in [1.165, 1.54) is 11.5 Å². The van der Waals surface area contributed by atoms with Gasteiger partial charge in [0.25, 0.3) is 0 Å². The Balaban J connectivity index is 2.24. The monoisotopic (exact) mass is 144 g/mol. The molecule has 0 aliphatic carbocycles. The van der Waals surface area contributed by atoms with Gasteiger partial charge in [0.2, 0.25) is 0 Å². The number of rotatable bonds is 0. The molecule has 44 valence electrons. The molecular formula is C6H8S2. The van der Waals surface area contributed by atoms with Gasteiger partial charge in [0.1, 0.15) is 0 Å². The zero-order valence-electron chi connectivity index (χ0n) is 4.64. The van der Waals surface area contributed by atoms with Gasteiger partial charge in [0, 0.05) is 11.5 Å². The van der Waals surface area contributed by atoms with Gasteiger partial charge in [-0.25, -0.2) is 0 Å². The van der Waals surface area contributed by atoms with Crippen LogP contribution in [-0.4, -0.2) is 23.0 Å². The van der Waals surface area contributed by atoms with Crippen LogP contribution in [0.15, 0.2) is 0 Å². The van der Waals surface area contributed by atoms with Gasteiger partial charge in [-0.1, -0.05) is 11.8 Å². The van der Waals surface area contributed by atoms with Crippen LogP contribution in [0.2, 0.25) is 0 Å². The number of hydrogen-bond acceptors (Lipinski definition) is 2. The van der Waals surface area contributed by atoms with Crippen molar-refractivity contribution in [3.05, 3.63) is 0 Å². The molecule has 2 heteroatoms. The van der Waals surface area contributed by atoms with Gasteiger partial charge in [-0.3, -0.25) is 0 Å². The standard InChI is InChI=1S/C6H8S2/c1-2-4-8-6-5-7-3-1/h3-6H2. The molecule has 0 aromatic heterocycles. The average molecular weight is 144 g/mol. The second-order valence-electron chi connectivity index (χ2n) is 1.46. The molecule has 0 N–H and O–H groups in total. The highest BCUT2D eigenvalue weighted by molar-refractivity contribution is 8.03. The first-order valence-corrected chi connectivity index (χ1v) is 4.92. The largest absolute Gasteiger partial charge is 0.148 e. The highest BCUT2D eigenvalue weighted by Gasteiger charge is 1.89. The zero-order chi connectivity index (χ0) is 5.66. The van der Waals surface area contributed by atoms with E-state index in [0.29, 0.717) is 0 Å². The predicted octanol–water partition coefficient (Wildman–Crippen LogP) is 1.47. The van der Waals surface area contributed by atoms with Gasteiger partial charge in [0.05, 0.1) is 11.5 Å². The van der Waals surface area contributed by atoms with Crippen molar-refractivity contribution in [2.24, 2.45) is 0 Å². The lowest BCUT2D eigenvalue weighted by Crippen LogP contribution is -1.89. The van der Waals surface area contributed by atoms with Crippen LogP contribution in [0.4, 0.5) is 0 Å². The summed E-state index contributed by atoms with van der Waals surface area (Å²) < 4.78 is 0. The lowest BCUT2D eigenvalue weighted by molar-refractivity contribution is 1.53. The zero-order valence-corrected chi connectivity index (χ0v) is 6.28. The highest BCUT2D eigenvalue weighted by atomic mass is 32.2. The summed E-state index contributed by atoms with van der Waals surface area (Å²) in [7, 11) is 0. The van der Waals surface area contributed by atoms with Crippen molar-refractivity contribution in [1.82, 2.24) is 0 Å². The van der Waals surface area contributed by atoms with Crippen molar-refractivity contribution in [2.75, 3.05) is 23.0 Å². The molecule has 0 aromatic carbocycles. The molecule has 8 heavy (non-hydrogen) atoms. The molecule has 0 saturated carbocycles. The summed E-state index contributed by atoms with van der Waals surface area (Å²) in [5.41, 5.74) is 0. The maximum absolute atomic E-state index is 3.08. The van der Waals surface area contributed by atoms with Gasteiger partial charge in [-0.15, -0.1) is 23.5 Å². The van der Waals surface area contributed by atoms with Crippen LogP contribution in [-0.2, 0) is 0 Å². The van der Waals surface area contributed by atoms with Crippen LogP contribution in [0.1, 0.15) is 0 Å². The Bertz CT molecular complexity index is 97.4. The Kier molecular flexibility index (Phi) is 3.33. The van der Waals surface area contributed by atoms with E-state index in [-0.39, 0.29) is 0 Å². The van der Waals surface area contributed by atoms with Crippen LogP contribution in [0, 0.1) is 11.8 Å². The Labute approximate surface area is 58.8 Å². The van der Waals surface area contributed by atoms with Gasteiger partial charge in [-0.2, -0.15) is 0 Å². The normalized spacial score (nSPS) is 20.0. The van der Waals surface area contributed by atoms with E-state index in [0.717, 1.165) is 11.5 Å². The molecule has 0 amide bonds. The smallest absolute Gasteiger partial charge is 0.0548 e. The van der Waals surface area contributed by atoms with Crippen molar-refractivity contribution in [3.8, 4) is 11.8 Å². The van der Waals surface area contributed by atoms with E-state index in [1.807, 2.05) is 23.5 Å². The van der Waals surface area contributed by atoms with Crippen LogP contribution in [0.3, 0.4) is 0 Å². The van der Waals surface area contributed by atoms with E-state index in [9.17, 15) is 0 Å². The second-order valence-corrected chi connectivity index (χ2v) is 3.67. The Morgan fingerprint density at radius 2 is 1.38 bits per heavy atom. The molecule has 1 aliphatic heterocycles. The molecule has 0 nitrogen and oxygen atoms in total. The molecule has 0 bridgehead atoms. The third-order valence-corrected chi connectivity index (χ3v) is 2.79. The van der Waals surface area contributed by atoms with Crippen molar-refractivity contribution in [1.29, 1.82) is 0 Å². The summed E-state index contributed by atoms with van der Waals surface area (Å²) in [6.07, 6.45) is 0. The predicted molar refractivity (Wildman–Crippen MR) is 42.4 cm³/mol. The Morgan fingerprint density at radius 1 is 0.875 bits per heavy atom. The van der Waals surface area contributed by atoms with E-state index in [1.54, 1.807) is 0 Å². The lowest BCUT2D eigenvalue weighted by atomic mass is 10.7. The van der Waals surface area contributed by atoms with Crippen molar-refractivity contribution in [2.45, 2.75) is 0 Å². The van der Waals surface area contributed by atoms with E-state index >= 15 is 0 Å². The van der Waals surface area contributed by atoms with Gasteiger partial charge in [-0.05, 0) is 0 Å². The lowest BCUT2D eigenvalue weighted by Gasteiger charge is -1.97. The maximum Gasteiger partial charge on any atom is 0.0548 e. The topological polar surface area (TPSA) is 0 Å². The first-order valence-electron chi connectivity index (χ1n) is 2.61. The molecule has 1 aliphatic rings. The molecule has 0 fully saturated rings. The molecular weight excluding hydrogens is 136 g/mol. The highest BCUT2D eigenvalue weighted by Crippen LogP contribution is 2.07. The van der Waals surface area contributed by atoms with Gasteiger partial charge in [0.15, 0.2) is 0 Å². The Morgan fingerprint density at radius 3 is 1.88 bits per heavy atom. The van der Waals surface area contributed by atoms with Gasteiger partial charge < -0.3 is 0 Å². The Hall–Kier alpha value is 0.260. The fourth-order valence-electron chi connectivity index (χ4n) is 0.466. The summed E-state index contributed by atoms with van der Waals surface area (Å²) in [4.78, 5) is 0. The summed E-state index contributed by atoms with van der Waals surface area (Å²) in [5.74, 6) is 10.8. The molecule has 0 saturated heterocycles.